The molecule has 1 aromatic heterocycles. The lowest BCUT2D eigenvalue weighted by molar-refractivity contribution is 0.0484. The predicted octanol–water partition coefficient (Wildman–Crippen LogP) is 1.25. The van der Waals surface area contributed by atoms with Gasteiger partial charge in [0, 0.05) is 12.1 Å². The van der Waals surface area contributed by atoms with Crippen LogP contribution in [0.5, 0.6) is 0 Å². The predicted molar refractivity (Wildman–Crippen MR) is 77.4 cm³/mol. The lowest BCUT2D eigenvalue weighted by Gasteiger charge is -2.26. The van der Waals surface area contributed by atoms with Crippen LogP contribution in [0.3, 0.4) is 0 Å². The average Bonchev–Trinajstić information content (AvgIpc) is 2.96. The molecule has 120 valence electrons. The third kappa shape index (κ3) is 4.55. The van der Waals surface area contributed by atoms with E-state index in [4.69, 9.17) is 14.9 Å². The highest BCUT2D eigenvalue weighted by atomic mass is 32.2. The topological polar surface area (TPSA) is 112 Å². The highest BCUT2D eigenvalue weighted by molar-refractivity contribution is 7.89. The average molecular weight is 318 g/mol. The Labute approximate surface area is 124 Å². The van der Waals surface area contributed by atoms with Gasteiger partial charge in [-0.1, -0.05) is 13.8 Å². The Morgan fingerprint density at radius 1 is 1.33 bits per heavy atom. The number of sulfonamides is 1. The minimum Gasteiger partial charge on any atom is -0.460 e. The monoisotopic (exact) mass is 318 g/mol. The van der Waals surface area contributed by atoms with E-state index in [2.05, 4.69) is 4.72 Å². The normalized spacial score (nSPS) is 12.4. The Kier molecular flexibility index (Phi) is 5.94. The van der Waals surface area contributed by atoms with Crippen LogP contribution >= 0.6 is 0 Å². The molecule has 21 heavy (non-hydrogen) atoms. The number of furan rings is 1. The van der Waals surface area contributed by atoms with Crippen LogP contribution in [0.1, 0.15) is 44.2 Å². The van der Waals surface area contributed by atoms with Crippen molar-refractivity contribution < 1.29 is 22.4 Å². The van der Waals surface area contributed by atoms with Crippen molar-refractivity contribution >= 4 is 16.0 Å². The quantitative estimate of drug-likeness (QED) is 0.698. The van der Waals surface area contributed by atoms with Gasteiger partial charge in [0.05, 0.1) is 6.61 Å². The van der Waals surface area contributed by atoms with Crippen LogP contribution in [0.25, 0.3) is 0 Å². The van der Waals surface area contributed by atoms with Gasteiger partial charge in [0.2, 0.25) is 10.9 Å². The van der Waals surface area contributed by atoms with Gasteiger partial charge in [-0.2, -0.15) is 0 Å². The molecule has 0 radical (unpaired) electrons. The van der Waals surface area contributed by atoms with E-state index in [1.54, 1.807) is 6.92 Å². The Morgan fingerprint density at radius 3 is 2.48 bits per heavy atom. The number of carbonyl (C=O) groups excluding carboxylic acids is 1. The molecule has 0 fully saturated rings. The first-order valence-electron chi connectivity index (χ1n) is 6.83. The highest BCUT2D eigenvalue weighted by Gasteiger charge is 2.26. The van der Waals surface area contributed by atoms with E-state index >= 15 is 0 Å². The zero-order valence-corrected chi connectivity index (χ0v) is 13.3. The third-order valence-electron chi connectivity index (χ3n) is 3.35. The van der Waals surface area contributed by atoms with Crippen molar-refractivity contribution in [2.24, 2.45) is 5.73 Å². The van der Waals surface area contributed by atoms with Crippen molar-refractivity contribution in [1.29, 1.82) is 0 Å². The summed E-state index contributed by atoms with van der Waals surface area (Å²) >= 11 is 0. The fourth-order valence-electron chi connectivity index (χ4n) is 1.59. The van der Waals surface area contributed by atoms with Crippen LogP contribution in [0.2, 0.25) is 0 Å². The summed E-state index contributed by atoms with van der Waals surface area (Å²) in [5, 5.41) is -0.333. The van der Waals surface area contributed by atoms with E-state index < -0.39 is 21.5 Å². The molecule has 0 amide bonds. The molecule has 1 rings (SSSR count). The van der Waals surface area contributed by atoms with Crippen LogP contribution in [-0.4, -0.2) is 33.1 Å². The SMILES string of the molecule is CCOC(=O)c1ccc(S(=O)(=O)NCC(N)(CC)CC)o1. The summed E-state index contributed by atoms with van der Waals surface area (Å²) in [6.45, 7) is 5.71. The smallest absolute Gasteiger partial charge is 0.374 e. The molecule has 8 heteroatoms. The number of hydrogen-bond acceptors (Lipinski definition) is 6. The maximum Gasteiger partial charge on any atom is 0.374 e. The summed E-state index contributed by atoms with van der Waals surface area (Å²) in [7, 11) is -3.85. The Morgan fingerprint density at radius 2 is 1.95 bits per heavy atom. The van der Waals surface area contributed by atoms with Gasteiger partial charge in [-0.05, 0) is 31.9 Å². The van der Waals surface area contributed by atoms with Gasteiger partial charge in [0.1, 0.15) is 0 Å². The molecule has 1 heterocycles. The molecule has 7 nitrogen and oxygen atoms in total. The third-order valence-corrected chi connectivity index (χ3v) is 4.62. The number of hydrogen-bond donors (Lipinski definition) is 2. The Balaban J connectivity index is 2.82. The van der Waals surface area contributed by atoms with Gasteiger partial charge in [0.25, 0.3) is 10.0 Å². The van der Waals surface area contributed by atoms with Crippen LogP contribution in [0, 0.1) is 0 Å². The van der Waals surface area contributed by atoms with Crippen molar-refractivity contribution in [1.82, 2.24) is 4.72 Å². The van der Waals surface area contributed by atoms with E-state index in [0.29, 0.717) is 12.8 Å². The van der Waals surface area contributed by atoms with E-state index in [9.17, 15) is 13.2 Å². The molecule has 0 atom stereocenters. The van der Waals surface area contributed by atoms with Gasteiger partial charge in [0.15, 0.2) is 0 Å². The van der Waals surface area contributed by atoms with Crippen molar-refractivity contribution in [3.8, 4) is 0 Å². The first-order chi connectivity index (χ1) is 9.78. The molecule has 0 aliphatic rings. The number of esters is 1. The zero-order valence-electron chi connectivity index (χ0n) is 12.5. The summed E-state index contributed by atoms with van der Waals surface area (Å²) in [6, 6.07) is 2.48. The lowest BCUT2D eigenvalue weighted by Crippen LogP contribution is -2.49. The standard InChI is InChI=1S/C13H22N2O5S/c1-4-13(14,5-2)9-15-21(17,18)11-8-7-10(20-11)12(16)19-6-3/h7-8,15H,4-6,9,14H2,1-3H3. The first-order valence-corrected chi connectivity index (χ1v) is 8.31. The summed E-state index contributed by atoms with van der Waals surface area (Å²) < 4.78 is 36.4. The second-order valence-corrected chi connectivity index (χ2v) is 6.43. The van der Waals surface area contributed by atoms with Crippen molar-refractivity contribution in [3.05, 3.63) is 17.9 Å². The molecule has 0 aliphatic heterocycles. The first kappa shape index (κ1) is 17.7. The molecular formula is C13H22N2O5S. The Bertz CT molecular complexity index is 575. The molecule has 1 aromatic rings. The second-order valence-electron chi connectivity index (χ2n) is 4.73. The van der Waals surface area contributed by atoms with E-state index in [1.165, 1.54) is 12.1 Å². The second kappa shape index (κ2) is 7.06. The molecule has 0 saturated carbocycles. The molecule has 3 N–H and O–H groups in total. The van der Waals surface area contributed by atoms with Gasteiger partial charge in [-0.15, -0.1) is 0 Å². The maximum absolute atomic E-state index is 12.1. The van der Waals surface area contributed by atoms with E-state index in [-0.39, 0.29) is 24.0 Å². The van der Waals surface area contributed by atoms with Gasteiger partial charge < -0.3 is 14.9 Å². The van der Waals surface area contributed by atoms with Crippen molar-refractivity contribution in [3.63, 3.8) is 0 Å². The highest BCUT2D eigenvalue weighted by Crippen LogP contribution is 2.16. The fourth-order valence-corrected chi connectivity index (χ4v) is 2.65. The Hall–Kier alpha value is -1.38. The molecule has 0 bridgehead atoms. The summed E-state index contributed by atoms with van der Waals surface area (Å²) in [5.41, 5.74) is 5.44. The fraction of sp³-hybridized carbons (Fsp3) is 0.615. The van der Waals surface area contributed by atoms with E-state index in [1.807, 2.05) is 13.8 Å². The van der Waals surface area contributed by atoms with Gasteiger partial charge in [-0.25, -0.2) is 17.9 Å². The van der Waals surface area contributed by atoms with Crippen molar-refractivity contribution in [2.75, 3.05) is 13.2 Å². The van der Waals surface area contributed by atoms with Crippen LogP contribution < -0.4 is 10.5 Å². The minimum absolute atomic E-state index is 0.0950. The maximum atomic E-state index is 12.1. The van der Waals surface area contributed by atoms with Crippen LogP contribution in [0.15, 0.2) is 21.6 Å². The van der Waals surface area contributed by atoms with Crippen LogP contribution in [-0.2, 0) is 14.8 Å². The van der Waals surface area contributed by atoms with Gasteiger partial charge >= 0.3 is 5.97 Å². The van der Waals surface area contributed by atoms with Crippen LogP contribution in [0.4, 0.5) is 0 Å². The lowest BCUT2D eigenvalue weighted by atomic mass is 9.95. The van der Waals surface area contributed by atoms with Gasteiger partial charge in [-0.3, -0.25) is 0 Å². The number of nitrogens with two attached hydrogens (primary N) is 1. The molecular weight excluding hydrogens is 296 g/mol. The number of ether oxygens (including phenoxy) is 1. The molecule has 0 aliphatic carbocycles. The number of rotatable bonds is 8. The molecule has 0 unspecified atom stereocenters. The summed E-state index contributed by atoms with van der Waals surface area (Å²) in [5.74, 6) is -0.851. The summed E-state index contributed by atoms with van der Waals surface area (Å²) in [6.07, 6.45) is 1.27. The number of carbonyl (C=O) groups is 1. The van der Waals surface area contributed by atoms with E-state index in [0.717, 1.165) is 0 Å². The molecule has 0 spiro atoms. The molecule has 0 saturated heterocycles. The minimum atomic E-state index is -3.85. The zero-order chi connectivity index (χ0) is 16.1. The summed E-state index contributed by atoms with van der Waals surface area (Å²) in [4.78, 5) is 11.4. The number of nitrogens with one attached hydrogen (secondary N) is 1. The largest absolute Gasteiger partial charge is 0.460 e. The van der Waals surface area contributed by atoms with Crippen molar-refractivity contribution in [2.45, 2.75) is 44.2 Å². The molecule has 0 aromatic carbocycles.